The number of aliphatic hydroxyl groups is 6. The zero-order chi connectivity index (χ0) is 87.1. The van der Waals surface area contributed by atoms with Crippen LogP contribution in [0, 0.1) is 47.3 Å². The van der Waals surface area contributed by atoms with E-state index < -0.39 is 228 Å². The van der Waals surface area contributed by atoms with Crippen molar-refractivity contribution in [2.24, 2.45) is 53.1 Å². The van der Waals surface area contributed by atoms with Crippen LogP contribution in [-0.2, 0) is 62.1 Å². The highest BCUT2D eigenvalue weighted by Gasteiger charge is 2.53. The molecule has 11 aliphatic rings. The van der Waals surface area contributed by atoms with Gasteiger partial charge in [-0.25, -0.2) is 0 Å². The first-order valence-electron chi connectivity index (χ1n) is 41.7. The molecule has 1 unspecified atom stereocenters. The normalized spacial score (nSPS) is 31.4. The molecule has 7 heterocycles. The minimum absolute atomic E-state index is 0.0439. The van der Waals surface area contributed by atoms with Gasteiger partial charge in [0.05, 0.1) is 40.7 Å². The molecular weight excluding hydrogens is 1610 g/mol. The van der Waals surface area contributed by atoms with Gasteiger partial charge in [-0.15, -0.1) is 0 Å². The minimum atomic E-state index is -2.24. The van der Waals surface area contributed by atoms with Crippen molar-refractivity contribution in [3.63, 3.8) is 0 Å². The summed E-state index contributed by atoms with van der Waals surface area (Å²) >= 11 is 14.5. The first kappa shape index (κ1) is 89.8. The molecule has 0 radical (unpaired) electrons. The van der Waals surface area contributed by atoms with Gasteiger partial charge >= 0.3 is 0 Å². The molecule has 654 valence electrons. The summed E-state index contributed by atoms with van der Waals surface area (Å²) in [5, 5.41) is 119. The molecule has 5 aromatic carbocycles. The lowest BCUT2D eigenvalue weighted by Gasteiger charge is -2.54. The van der Waals surface area contributed by atoms with Crippen LogP contribution in [-0.4, -0.2) is 185 Å². The number of carbonyl (C=O) groups is 9. The minimum Gasteiger partial charge on any atom is -0.508 e. The zero-order valence-electron chi connectivity index (χ0n) is 68.3. The topological polar surface area (TPSA) is 486 Å². The third-order valence-corrected chi connectivity index (χ3v) is 25.9. The maximum absolute atomic E-state index is 16.7. The molecule has 15 bridgehead atoms. The number of halogens is 2. The lowest BCUT2D eigenvalue weighted by Crippen LogP contribution is -2.64. The fourth-order valence-corrected chi connectivity index (χ4v) is 19.4. The van der Waals surface area contributed by atoms with Crippen molar-refractivity contribution in [3.05, 3.63) is 117 Å². The zero-order valence-corrected chi connectivity index (χ0v) is 69.8. The average Bonchev–Trinajstić information content (AvgIpc) is 0.758. The molecule has 6 fully saturated rings. The van der Waals surface area contributed by atoms with E-state index >= 15 is 28.8 Å². The third-order valence-electron chi connectivity index (χ3n) is 25.3. The molecule has 16 rings (SSSR count). The van der Waals surface area contributed by atoms with Gasteiger partial charge in [-0.2, -0.15) is 0 Å². The summed E-state index contributed by atoms with van der Waals surface area (Å²) in [6, 6.07) is 7.19. The molecule has 5 aromatic rings. The van der Waals surface area contributed by atoms with Crippen molar-refractivity contribution in [2.75, 3.05) is 13.2 Å². The summed E-state index contributed by atoms with van der Waals surface area (Å²) in [7, 11) is 0. The number of nitrogens with one attached hydrogen (secondary N) is 5. The van der Waals surface area contributed by atoms with E-state index in [4.69, 9.17) is 62.1 Å². The van der Waals surface area contributed by atoms with E-state index in [0.717, 1.165) is 75.3 Å². The average molecular weight is 1720 g/mol. The van der Waals surface area contributed by atoms with E-state index in [1.165, 1.54) is 69.3 Å². The van der Waals surface area contributed by atoms with E-state index in [2.05, 4.69) is 26.6 Å². The predicted molar refractivity (Wildman–Crippen MR) is 434 cm³/mol. The van der Waals surface area contributed by atoms with Crippen LogP contribution >= 0.6 is 23.2 Å². The van der Waals surface area contributed by atoms with Gasteiger partial charge < -0.3 is 106 Å². The van der Waals surface area contributed by atoms with Crippen molar-refractivity contribution in [2.45, 2.75) is 248 Å². The van der Waals surface area contributed by atoms with Crippen LogP contribution in [0.3, 0.4) is 0 Å². The summed E-state index contributed by atoms with van der Waals surface area (Å²) in [4.78, 5) is 139. The maximum atomic E-state index is 16.7. The second-order valence-corrected chi connectivity index (χ2v) is 35.5. The molecule has 19 atom stereocenters. The molecule has 4 saturated carbocycles. The second-order valence-electron chi connectivity index (χ2n) is 34.7. The summed E-state index contributed by atoms with van der Waals surface area (Å²) < 4.78 is 44.9. The Balaban J connectivity index is 1.02. The number of imide groups is 1. The Morgan fingerprint density at radius 3 is 1.94 bits per heavy atom. The first-order valence-corrected chi connectivity index (χ1v) is 42.5. The van der Waals surface area contributed by atoms with E-state index in [1.807, 2.05) is 20.8 Å². The van der Waals surface area contributed by atoms with Gasteiger partial charge in [0.15, 0.2) is 41.2 Å². The van der Waals surface area contributed by atoms with Gasteiger partial charge in [0.2, 0.25) is 41.6 Å². The van der Waals surface area contributed by atoms with Gasteiger partial charge in [0.25, 0.3) is 5.91 Å². The summed E-state index contributed by atoms with van der Waals surface area (Å²) in [5.74, 6) is -17.0. The fraction of sp³-hybridized carbons (Fsp3) is 0.557. The van der Waals surface area contributed by atoms with Gasteiger partial charge in [-0.05, 0) is 190 Å². The van der Waals surface area contributed by atoms with E-state index in [-0.39, 0.29) is 110 Å². The number of benzene rings is 5. The Morgan fingerprint density at radius 2 is 1.33 bits per heavy atom. The summed E-state index contributed by atoms with van der Waals surface area (Å²) in [6.45, 7) is 11.1. The molecule has 0 spiro atoms. The van der Waals surface area contributed by atoms with Gasteiger partial charge in [0, 0.05) is 67.4 Å². The Hall–Kier alpha value is -8.93. The van der Waals surface area contributed by atoms with Crippen molar-refractivity contribution in [3.8, 4) is 57.1 Å². The fourth-order valence-electron chi connectivity index (χ4n) is 19.0. The number of ether oxygens (including phenoxy) is 7. The lowest BCUT2D eigenvalue weighted by atomic mass is 9.51. The molecule has 2 saturated heterocycles. The van der Waals surface area contributed by atoms with Crippen LogP contribution in [0.2, 0.25) is 10.0 Å². The summed E-state index contributed by atoms with van der Waals surface area (Å²) in [5.41, 5.74) is 3.58. The first-order chi connectivity index (χ1) is 57.5. The largest absolute Gasteiger partial charge is 0.508 e. The number of hydrogen-bond acceptors (Lipinski definition) is 26. The number of phenols is 3. The number of rotatable bonds is 21. The standard InChI is InChI=1S/C88H108Cl2N6O25/c1-8-10-11-18-115-40(6)82(110)92-68(104)31-50-28-60(101)73(95-83(111)43(9-2)19-38(3)4)75(105)45-13-16-63(56(89)26-45)117-65-29-49-30-66(79(65)121-87-80(78(108)77(107)67(37-97)119-87)120-69-36-88(7,91)81(109)39(5)116-69)118-64-17-14-46(27-57(64)90)76(106)74-86(114)94-72(62(103)34-52-47-21-41-20-42(23-47)24-48(52)22-41)55-32-51(98)33-59(100)70(55)54-25-44(12-15-58(54)99)53(85(113)96-74)35-61(102)71(49)93-84(50)112/h12-17,25-27,29-30,32-33,38-43,47-48,50,52-53,67,69,71-78,80-81,87,97-100,105-109H,8-11,18-24,28,31,34-37,91H2,1-7H3,(H,93,112)(H,94,114)(H,95,111)(H,96,113)(H,92,104,110)/t39-,40?,41?,42?,43+,47?,48?,50-,52?,53+,67+,69-,71+,72-,73-,74-,75+,76+,77+,78-,80+,81+,87-,88-/m0/s1. The SMILES string of the molecule is CCCCCOC(C)C(=O)NC(=O)C[C@@H]1CC(=O)[C@H](NC(=O)[C@H](CC)CC(C)C)[C@H](O)c2ccc(c(Cl)c2)Oc2cc3cc(c2O[C@@H]2O[C@H](CO)[C@@H](O)[C@H](O)[C@H]2O[C@H]2C[C@](C)(N)[C@H](O)[C@H](C)O2)Oc2ccc(cc2Cl)[C@@H](O)[C@@H]2NC(=O)[C@H](CC(=O)[C@@H]3NC1=O)c1ccc(O)c(c1)-c1c(O)cc(O)cc1[C@@H](C(=O)CC1C3CC4CC(C3)CC1C4)NC2=O. The van der Waals surface area contributed by atoms with E-state index in [9.17, 15) is 60.3 Å². The van der Waals surface area contributed by atoms with Crippen LogP contribution < -0.4 is 46.5 Å². The van der Waals surface area contributed by atoms with E-state index in [0.29, 0.717) is 24.7 Å². The Morgan fingerprint density at radius 1 is 0.686 bits per heavy atom. The van der Waals surface area contributed by atoms with Crippen molar-refractivity contribution in [1.29, 1.82) is 0 Å². The molecule has 121 heavy (non-hydrogen) atoms. The molecule has 4 aliphatic carbocycles. The van der Waals surface area contributed by atoms with Gasteiger partial charge in [0.1, 0.15) is 89.5 Å². The summed E-state index contributed by atoms with van der Waals surface area (Å²) in [6.07, 6.45) is -14.5. The molecule has 31 nitrogen and oxygen atoms in total. The molecule has 7 aliphatic heterocycles. The van der Waals surface area contributed by atoms with Crippen molar-refractivity contribution < 1.29 is 122 Å². The Labute approximate surface area is 709 Å². The number of hydrogen-bond donors (Lipinski definition) is 15. The van der Waals surface area contributed by atoms with E-state index in [1.54, 1.807) is 6.92 Å². The van der Waals surface area contributed by atoms with Crippen LogP contribution in [0.5, 0.6) is 46.0 Å². The molecule has 6 amide bonds. The highest BCUT2D eigenvalue weighted by Crippen LogP contribution is 2.59. The number of aliphatic hydroxyl groups excluding tert-OH is 6. The molecule has 0 aromatic heterocycles. The van der Waals surface area contributed by atoms with Crippen LogP contribution in [0.25, 0.3) is 11.1 Å². The monoisotopic (exact) mass is 1720 g/mol. The predicted octanol–water partition coefficient (Wildman–Crippen LogP) is 8.22. The molecule has 33 heteroatoms. The number of nitrogens with two attached hydrogens (primary N) is 1. The van der Waals surface area contributed by atoms with Crippen molar-refractivity contribution >= 4 is 76.0 Å². The van der Waals surface area contributed by atoms with Crippen LogP contribution in [0.1, 0.15) is 203 Å². The van der Waals surface area contributed by atoms with Crippen LogP contribution in [0.15, 0.2) is 78.9 Å². The number of aromatic hydroxyl groups is 3. The number of unbranched alkanes of at least 4 members (excludes halogenated alkanes) is 2. The molecule has 16 N–H and O–H groups in total. The number of phenolic OH excluding ortho intramolecular Hbond substituents is 3. The second kappa shape index (κ2) is 37.6. The number of fused-ring (bicyclic) bond motifs is 15. The molecular formula is C88H108Cl2N6O25. The van der Waals surface area contributed by atoms with Crippen molar-refractivity contribution in [1.82, 2.24) is 26.6 Å². The Bertz CT molecular complexity index is 4730. The lowest BCUT2D eigenvalue weighted by molar-refractivity contribution is -0.333. The van der Waals surface area contributed by atoms with Gasteiger partial charge in [-0.1, -0.05) is 81.9 Å². The highest BCUT2D eigenvalue weighted by atomic mass is 35.5. The maximum Gasteiger partial charge on any atom is 0.255 e. The van der Waals surface area contributed by atoms with Gasteiger partial charge in [-0.3, -0.25) is 48.5 Å². The number of ketones is 3. The third kappa shape index (κ3) is 19.7. The van der Waals surface area contributed by atoms with Crippen LogP contribution in [0.4, 0.5) is 0 Å². The Kier molecular flexibility index (Phi) is 27.9. The highest BCUT2D eigenvalue weighted by molar-refractivity contribution is 6.32. The number of Topliss-reactive ketones (excluding diaryl/α,β-unsaturated/α-hetero) is 3. The number of carbonyl (C=O) groups excluding carboxylic acids is 9. The number of amides is 6. The quantitative estimate of drug-likeness (QED) is 0.0307. The smallest absolute Gasteiger partial charge is 0.255 e.